The van der Waals surface area contributed by atoms with Crippen molar-refractivity contribution in [3.05, 3.63) is 69.3 Å². The summed E-state index contributed by atoms with van der Waals surface area (Å²) in [6.07, 6.45) is 0.930. The van der Waals surface area contributed by atoms with E-state index in [1.807, 2.05) is 52.0 Å². The molecule has 0 bridgehead atoms. The van der Waals surface area contributed by atoms with E-state index in [-0.39, 0.29) is 23.8 Å². The number of hydrogen-bond acceptors (Lipinski definition) is 6. The number of aryl methyl sites for hydroxylation is 2. The third-order valence-electron chi connectivity index (χ3n) is 5.45. The van der Waals surface area contributed by atoms with Crippen LogP contribution in [0, 0.1) is 24.0 Å². The van der Waals surface area contributed by atoms with Gasteiger partial charge in [0.2, 0.25) is 21.8 Å². The van der Waals surface area contributed by atoms with Gasteiger partial charge in [-0.15, -0.1) is 0 Å². The summed E-state index contributed by atoms with van der Waals surface area (Å²) >= 11 is 0. The van der Waals surface area contributed by atoms with Gasteiger partial charge >= 0.3 is 0 Å². The lowest BCUT2D eigenvalue weighted by molar-refractivity contribution is -0.384. The van der Waals surface area contributed by atoms with Crippen LogP contribution in [0.1, 0.15) is 44.4 Å². The van der Waals surface area contributed by atoms with E-state index in [0.29, 0.717) is 5.56 Å². The van der Waals surface area contributed by atoms with Crippen LogP contribution in [-0.4, -0.2) is 54.4 Å². The minimum Gasteiger partial charge on any atom is -0.350 e. The summed E-state index contributed by atoms with van der Waals surface area (Å²) < 4.78 is 26.3. The first-order valence-electron chi connectivity index (χ1n) is 11.4. The fourth-order valence-corrected chi connectivity index (χ4v) is 4.54. The van der Waals surface area contributed by atoms with Crippen molar-refractivity contribution in [2.75, 3.05) is 17.1 Å². The second-order valence-electron chi connectivity index (χ2n) is 9.92. The first-order chi connectivity index (χ1) is 16.5. The van der Waals surface area contributed by atoms with Crippen molar-refractivity contribution in [3.63, 3.8) is 0 Å². The average Bonchev–Trinajstić information content (AvgIpc) is 2.73. The van der Waals surface area contributed by atoms with E-state index >= 15 is 0 Å². The van der Waals surface area contributed by atoms with Gasteiger partial charge in [0.15, 0.2) is 0 Å². The number of nitrogens with zero attached hydrogens (tertiary/aromatic N) is 3. The maximum Gasteiger partial charge on any atom is 0.271 e. The van der Waals surface area contributed by atoms with Gasteiger partial charge in [0.05, 0.1) is 16.9 Å². The van der Waals surface area contributed by atoms with E-state index in [4.69, 9.17) is 0 Å². The molecule has 1 N–H and O–H groups in total. The van der Waals surface area contributed by atoms with Crippen molar-refractivity contribution in [2.45, 2.75) is 59.7 Å². The second-order valence-corrected chi connectivity index (χ2v) is 11.8. The quantitative estimate of drug-likeness (QED) is 0.400. The molecule has 36 heavy (non-hydrogen) atoms. The molecule has 0 saturated carbocycles. The standard InChI is InChI=1S/C25H34N4O6S/c1-17-9-8-10-20(13-17)15-27(19(3)24(31)26-25(4,5)6)23(30)16-28(36(7,34)35)22-14-21(29(32)33)12-11-18(22)2/h8-14,19H,15-16H2,1-7H3,(H,26,31). The molecule has 2 rings (SSSR count). The smallest absolute Gasteiger partial charge is 0.271 e. The lowest BCUT2D eigenvalue weighted by Crippen LogP contribution is -2.54. The number of carbonyl (C=O) groups is 2. The number of carbonyl (C=O) groups excluding carboxylic acids is 2. The Hall–Kier alpha value is -3.47. The van der Waals surface area contributed by atoms with Crippen LogP contribution in [0.4, 0.5) is 11.4 Å². The SMILES string of the molecule is Cc1cccc(CN(C(=O)CN(c2cc([N+](=O)[O-])ccc2C)S(C)(=O)=O)C(C)C(=O)NC(C)(C)C)c1. The number of benzene rings is 2. The van der Waals surface area contributed by atoms with Crippen LogP contribution in [0.15, 0.2) is 42.5 Å². The summed E-state index contributed by atoms with van der Waals surface area (Å²) in [6.45, 7) is 10.00. The number of amides is 2. The van der Waals surface area contributed by atoms with Crippen LogP contribution in [0.3, 0.4) is 0 Å². The molecule has 0 aliphatic rings. The summed E-state index contributed by atoms with van der Waals surface area (Å²) in [4.78, 5) is 38.6. The van der Waals surface area contributed by atoms with Crippen LogP contribution in [0.25, 0.3) is 0 Å². The number of nitrogens with one attached hydrogen (secondary N) is 1. The zero-order valence-electron chi connectivity index (χ0n) is 21.7. The monoisotopic (exact) mass is 518 g/mol. The summed E-state index contributed by atoms with van der Waals surface area (Å²) in [5.74, 6) is -1.01. The molecule has 0 spiro atoms. The third kappa shape index (κ3) is 7.77. The fourth-order valence-electron chi connectivity index (χ4n) is 3.64. The molecule has 11 heteroatoms. The number of sulfonamides is 1. The Morgan fingerprint density at radius 1 is 1.11 bits per heavy atom. The zero-order valence-corrected chi connectivity index (χ0v) is 22.5. The van der Waals surface area contributed by atoms with Crippen molar-refractivity contribution in [1.29, 1.82) is 0 Å². The Kier molecular flexibility index (Phi) is 8.84. The molecule has 2 aromatic carbocycles. The molecular formula is C25H34N4O6S. The summed E-state index contributed by atoms with van der Waals surface area (Å²) in [5, 5.41) is 14.2. The van der Waals surface area contributed by atoms with Gasteiger partial charge in [-0.1, -0.05) is 35.9 Å². The average molecular weight is 519 g/mol. The minimum absolute atomic E-state index is 0.0300. The predicted molar refractivity (Wildman–Crippen MR) is 139 cm³/mol. The molecule has 0 radical (unpaired) electrons. The number of nitro benzene ring substituents is 1. The highest BCUT2D eigenvalue weighted by Gasteiger charge is 2.32. The van der Waals surface area contributed by atoms with Crippen LogP contribution >= 0.6 is 0 Å². The lowest BCUT2D eigenvalue weighted by atomic mass is 10.1. The van der Waals surface area contributed by atoms with Crippen molar-refractivity contribution in [3.8, 4) is 0 Å². The first kappa shape index (κ1) is 28.8. The van der Waals surface area contributed by atoms with Gasteiger partial charge in [0.1, 0.15) is 12.6 Å². The Bertz CT molecular complexity index is 1250. The van der Waals surface area contributed by atoms with Crippen LogP contribution in [0.2, 0.25) is 0 Å². The minimum atomic E-state index is -4.00. The highest BCUT2D eigenvalue weighted by atomic mass is 32.2. The van der Waals surface area contributed by atoms with E-state index in [2.05, 4.69) is 5.32 Å². The van der Waals surface area contributed by atoms with Gasteiger partial charge in [-0.05, 0) is 52.7 Å². The Morgan fingerprint density at radius 3 is 2.28 bits per heavy atom. The molecule has 10 nitrogen and oxygen atoms in total. The number of rotatable bonds is 9. The van der Waals surface area contributed by atoms with Crippen molar-refractivity contribution >= 4 is 33.2 Å². The molecule has 1 atom stereocenters. The molecule has 0 aliphatic carbocycles. The lowest BCUT2D eigenvalue weighted by Gasteiger charge is -2.33. The van der Waals surface area contributed by atoms with E-state index in [1.54, 1.807) is 13.8 Å². The van der Waals surface area contributed by atoms with E-state index in [1.165, 1.54) is 17.0 Å². The molecule has 0 heterocycles. The van der Waals surface area contributed by atoms with Crippen LogP contribution in [-0.2, 0) is 26.2 Å². The van der Waals surface area contributed by atoms with E-state index < -0.39 is 39.0 Å². The van der Waals surface area contributed by atoms with Gasteiger partial charge in [-0.2, -0.15) is 0 Å². The van der Waals surface area contributed by atoms with Crippen LogP contribution in [0.5, 0.6) is 0 Å². The number of anilines is 1. The Balaban J connectivity index is 2.50. The largest absolute Gasteiger partial charge is 0.350 e. The van der Waals surface area contributed by atoms with Crippen molar-refractivity contribution < 1.29 is 22.9 Å². The van der Waals surface area contributed by atoms with Gasteiger partial charge in [-0.3, -0.25) is 24.0 Å². The molecule has 0 fully saturated rings. The van der Waals surface area contributed by atoms with E-state index in [0.717, 1.165) is 27.8 Å². The molecular weight excluding hydrogens is 484 g/mol. The highest BCUT2D eigenvalue weighted by molar-refractivity contribution is 7.92. The first-order valence-corrected chi connectivity index (χ1v) is 13.2. The highest BCUT2D eigenvalue weighted by Crippen LogP contribution is 2.28. The second kappa shape index (κ2) is 11.1. The number of nitro groups is 1. The molecule has 0 saturated heterocycles. The Morgan fingerprint density at radius 2 is 1.75 bits per heavy atom. The van der Waals surface area contributed by atoms with Gasteiger partial charge < -0.3 is 10.2 Å². The number of non-ortho nitro benzene ring substituents is 1. The Labute approximate surface area is 212 Å². The van der Waals surface area contributed by atoms with Crippen molar-refractivity contribution in [1.82, 2.24) is 10.2 Å². The fraction of sp³-hybridized carbons (Fsp3) is 0.440. The number of hydrogen-bond donors (Lipinski definition) is 1. The molecule has 1 unspecified atom stereocenters. The topological polar surface area (TPSA) is 130 Å². The van der Waals surface area contributed by atoms with E-state index in [9.17, 15) is 28.1 Å². The summed E-state index contributed by atoms with van der Waals surface area (Å²) in [6, 6.07) is 10.4. The molecule has 2 amide bonds. The predicted octanol–water partition coefficient (Wildman–Crippen LogP) is 3.31. The maximum atomic E-state index is 13.6. The molecule has 196 valence electrons. The summed E-state index contributed by atoms with van der Waals surface area (Å²) in [7, 11) is -4.00. The van der Waals surface area contributed by atoms with Crippen LogP contribution < -0.4 is 9.62 Å². The third-order valence-corrected chi connectivity index (χ3v) is 6.58. The van der Waals surface area contributed by atoms with Gasteiger partial charge in [0.25, 0.3) is 5.69 Å². The molecule has 0 aliphatic heterocycles. The maximum absolute atomic E-state index is 13.6. The zero-order chi connectivity index (χ0) is 27.4. The molecule has 0 aromatic heterocycles. The normalized spacial score (nSPS) is 12.5. The molecule has 2 aromatic rings. The van der Waals surface area contributed by atoms with Crippen molar-refractivity contribution in [2.24, 2.45) is 0 Å². The van der Waals surface area contributed by atoms with Gasteiger partial charge in [0, 0.05) is 24.2 Å². The van der Waals surface area contributed by atoms with Gasteiger partial charge in [-0.25, -0.2) is 8.42 Å². The summed E-state index contributed by atoms with van der Waals surface area (Å²) in [5.41, 5.74) is 1.38.